The lowest BCUT2D eigenvalue weighted by molar-refractivity contribution is -0.274. The third-order valence-electron chi connectivity index (χ3n) is 4.49. The maximum atomic E-state index is 14.4. The highest BCUT2D eigenvalue weighted by molar-refractivity contribution is 7.15. The van der Waals surface area contributed by atoms with Crippen molar-refractivity contribution < 1.29 is 45.1 Å². The SMILES string of the molecule is O=C(Cc1cccc(OC(F)(F)F)c1)Nc1nnc(CCC(F)Cn2cc(C(=O)NCC(F)(F)F)nn2)s1. The average Bonchev–Trinajstić information content (AvgIpc) is 3.44. The van der Waals surface area contributed by atoms with Crippen molar-refractivity contribution >= 4 is 28.3 Å². The molecule has 1 atom stereocenters. The van der Waals surface area contributed by atoms with Crippen molar-refractivity contribution in [3.63, 3.8) is 0 Å². The molecule has 10 nitrogen and oxygen atoms in total. The van der Waals surface area contributed by atoms with E-state index in [0.717, 1.165) is 34.3 Å². The van der Waals surface area contributed by atoms with Crippen LogP contribution >= 0.6 is 11.3 Å². The lowest BCUT2D eigenvalue weighted by Crippen LogP contribution is -2.33. The number of benzene rings is 1. The highest BCUT2D eigenvalue weighted by Gasteiger charge is 2.31. The lowest BCUT2D eigenvalue weighted by Gasteiger charge is -2.09. The summed E-state index contributed by atoms with van der Waals surface area (Å²) in [5, 5.41) is 19.1. The van der Waals surface area contributed by atoms with Gasteiger partial charge in [0.25, 0.3) is 5.91 Å². The molecule has 38 heavy (non-hydrogen) atoms. The number of nitrogens with one attached hydrogen (secondary N) is 2. The number of hydrogen-bond donors (Lipinski definition) is 2. The zero-order chi connectivity index (χ0) is 27.9. The highest BCUT2D eigenvalue weighted by atomic mass is 32.1. The van der Waals surface area contributed by atoms with E-state index in [0.29, 0.717) is 5.01 Å². The molecule has 2 amide bonds. The average molecular weight is 569 g/mol. The summed E-state index contributed by atoms with van der Waals surface area (Å²) in [4.78, 5) is 23.8. The smallest absolute Gasteiger partial charge is 0.406 e. The van der Waals surface area contributed by atoms with Crippen LogP contribution in [0.3, 0.4) is 0 Å². The van der Waals surface area contributed by atoms with Gasteiger partial charge >= 0.3 is 12.5 Å². The van der Waals surface area contributed by atoms with Crippen LogP contribution in [0, 0.1) is 0 Å². The zero-order valence-electron chi connectivity index (χ0n) is 19.0. The van der Waals surface area contributed by atoms with Crippen molar-refractivity contribution in [2.75, 3.05) is 11.9 Å². The first-order chi connectivity index (χ1) is 17.8. The minimum atomic E-state index is -4.86. The molecule has 0 radical (unpaired) electrons. The van der Waals surface area contributed by atoms with Gasteiger partial charge in [-0.2, -0.15) is 13.2 Å². The summed E-state index contributed by atoms with van der Waals surface area (Å²) < 4.78 is 92.7. The topological polar surface area (TPSA) is 124 Å². The van der Waals surface area contributed by atoms with Crippen LogP contribution in [0.1, 0.15) is 27.5 Å². The van der Waals surface area contributed by atoms with Gasteiger partial charge in [0.1, 0.15) is 23.5 Å². The first-order valence-corrected chi connectivity index (χ1v) is 11.4. The first-order valence-electron chi connectivity index (χ1n) is 10.6. The molecule has 0 aliphatic heterocycles. The number of carbonyl (C=O) groups excluding carboxylic acids is 2. The summed E-state index contributed by atoms with van der Waals surface area (Å²) in [6.45, 7) is -1.86. The van der Waals surface area contributed by atoms with Gasteiger partial charge in [-0.1, -0.05) is 28.7 Å². The van der Waals surface area contributed by atoms with Gasteiger partial charge in [-0.25, -0.2) is 9.07 Å². The van der Waals surface area contributed by atoms with E-state index < -0.39 is 48.5 Å². The Balaban J connectivity index is 1.43. The fourth-order valence-corrected chi connectivity index (χ4v) is 3.71. The number of nitrogens with zero attached hydrogens (tertiary/aromatic N) is 5. The van der Waals surface area contributed by atoms with Crippen LogP contribution in [0.25, 0.3) is 0 Å². The minimum absolute atomic E-state index is 0.0515. The molecule has 0 aliphatic carbocycles. The number of alkyl halides is 7. The van der Waals surface area contributed by atoms with Crippen LogP contribution in [0.5, 0.6) is 5.75 Å². The Kier molecular flexibility index (Phi) is 9.18. The summed E-state index contributed by atoms with van der Waals surface area (Å²) >= 11 is 0.973. The van der Waals surface area contributed by atoms with Crippen LogP contribution in [0.4, 0.5) is 35.9 Å². The molecule has 0 spiro atoms. The molecule has 2 N–H and O–H groups in total. The Bertz CT molecular complexity index is 1250. The normalized spacial score (nSPS) is 12.7. The van der Waals surface area contributed by atoms with E-state index in [1.807, 2.05) is 0 Å². The minimum Gasteiger partial charge on any atom is -0.406 e. The summed E-state index contributed by atoms with van der Waals surface area (Å²) in [6.07, 6.45) is -10.1. The molecular weight excluding hydrogens is 551 g/mol. The van der Waals surface area contributed by atoms with E-state index in [2.05, 4.69) is 30.6 Å². The lowest BCUT2D eigenvalue weighted by atomic mass is 10.1. The van der Waals surface area contributed by atoms with E-state index >= 15 is 0 Å². The van der Waals surface area contributed by atoms with Gasteiger partial charge < -0.3 is 15.4 Å². The van der Waals surface area contributed by atoms with E-state index in [9.17, 15) is 40.3 Å². The number of carbonyl (C=O) groups is 2. The number of halogens is 7. The van der Waals surface area contributed by atoms with Crippen LogP contribution in [0.15, 0.2) is 30.5 Å². The molecule has 0 aliphatic rings. The predicted octanol–water partition coefficient (Wildman–Crippen LogP) is 3.47. The number of rotatable bonds is 11. The fourth-order valence-electron chi connectivity index (χ4n) is 2.94. The molecule has 1 aromatic carbocycles. The van der Waals surface area contributed by atoms with E-state index in [4.69, 9.17) is 0 Å². The van der Waals surface area contributed by atoms with E-state index in [1.165, 1.54) is 12.1 Å². The van der Waals surface area contributed by atoms with Gasteiger partial charge in [0, 0.05) is 6.42 Å². The summed E-state index contributed by atoms with van der Waals surface area (Å²) in [5.41, 5.74) is -0.131. The van der Waals surface area contributed by atoms with Crippen molar-refractivity contribution in [3.05, 3.63) is 46.7 Å². The molecule has 3 aromatic rings. The Morgan fingerprint density at radius 1 is 1.11 bits per heavy atom. The molecule has 2 aromatic heterocycles. The second-order valence-corrected chi connectivity index (χ2v) is 8.74. The third kappa shape index (κ3) is 9.91. The third-order valence-corrected chi connectivity index (χ3v) is 5.39. The van der Waals surface area contributed by atoms with Gasteiger partial charge in [0.15, 0.2) is 5.69 Å². The standard InChI is InChI=1S/C20H18F7N7O3S/c21-12(8-34-9-14(30-33-34)17(36)28-10-19(22,23)24)4-5-16-31-32-18(38-16)29-15(35)7-11-2-1-3-13(6-11)37-20(25,26)27/h1-3,6,9,12H,4-5,7-8,10H2,(H,28,36)(H,29,32,35). The molecule has 0 bridgehead atoms. The molecule has 2 heterocycles. The number of ether oxygens (including phenoxy) is 1. The molecular formula is C20H18F7N7O3S. The predicted molar refractivity (Wildman–Crippen MR) is 117 cm³/mol. The van der Waals surface area contributed by atoms with E-state index in [1.54, 1.807) is 5.32 Å². The first kappa shape index (κ1) is 28.7. The summed E-state index contributed by atoms with van der Waals surface area (Å²) in [5.74, 6) is -2.13. The Morgan fingerprint density at radius 2 is 1.87 bits per heavy atom. The fraction of sp³-hybridized carbons (Fsp3) is 0.400. The zero-order valence-corrected chi connectivity index (χ0v) is 19.8. The Labute approximate surface area is 213 Å². The number of anilines is 1. The van der Waals surface area contributed by atoms with Crippen LogP contribution in [0.2, 0.25) is 0 Å². The number of amides is 2. The van der Waals surface area contributed by atoms with Crippen molar-refractivity contribution in [3.8, 4) is 5.75 Å². The van der Waals surface area contributed by atoms with Crippen LogP contribution in [-0.4, -0.2) is 62.3 Å². The van der Waals surface area contributed by atoms with Crippen molar-refractivity contribution in [1.82, 2.24) is 30.5 Å². The quantitative estimate of drug-likeness (QED) is 0.339. The van der Waals surface area contributed by atoms with Gasteiger partial charge in [0.2, 0.25) is 11.0 Å². The maximum Gasteiger partial charge on any atom is 0.573 e. The van der Waals surface area contributed by atoms with Crippen molar-refractivity contribution in [2.24, 2.45) is 0 Å². The van der Waals surface area contributed by atoms with E-state index in [-0.39, 0.29) is 36.5 Å². The number of aryl methyl sites for hydroxylation is 1. The van der Waals surface area contributed by atoms with Crippen LogP contribution in [-0.2, 0) is 24.2 Å². The monoisotopic (exact) mass is 569 g/mol. The number of aromatic nitrogens is 5. The summed E-state index contributed by atoms with van der Waals surface area (Å²) in [6, 6.07) is 4.93. The van der Waals surface area contributed by atoms with Crippen molar-refractivity contribution in [2.45, 2.75) is 44.5 Å². The molecule has 18 heteroatoms. The molecule has 206 valence electrons. The molecule has 0 saturated carbocycles. The maximum absolute atomic E-state index is 14.4. The Hall–Kier alpha value is -3.83. The van der Waals surface area contributed by atoms with Gasteiger partial charge in [-0.3, -0.25) is 9.59 Å². The second-order valence-electron chi connectivity index (χ2n) is 7.68. The number of hydrogen-bond acceptors (Lipinski definition) is 8. The molecule has 1 unspecified atom stereocenters. The molecule has 0 saturated heterocycles. The summed E-state index contributed by atoms with van der Waals surface area (Å²) in [7, 11) is 0. The highest BCUT2D eigenvalue weighted by Crippen LogP contribution is 2.24. The Morgan fingerprint density at radius 3 is 2.58 bits per heavy atom. The van der Waals surface area contributed by atoms with Crippen LogP contribution < -0.4 is 15.4 Å². The van der Waals surface area contributed by atoms with Gasteiger partial charge in [-0.05, 0) is 24.1 Å². The molecule has 3 rings (SSSR count). The van der Waals surface area contributed by atoms with Gasteiger partial charge in [0.05, 0.1) is 19.2 Å². The largest absolute Gasteiger partial charge is 0.573 e. The van der Waals surface area contributed by atoms with Gasteiger partial charge in [-0.15, -0.1) is 28.5 Å². The second kappa shape index (κ2) is 12.1. The molecule has 0 fully saturated rings. The van der Waals surface area contributed by atoms with Crippen molar-refractivity contribution in [1.29, 1.82) is 0 Å².